The maximum Gasteiger partial charge on any atom is 0.328 e. The van der Waals surface area contributed by atoms with Gasteiger partial charge >= 0.3 is 5.97 Å². The van der Waals surface area contributed by atoms with E-state index in [1.54, 1.807) is 24.3 Å². The van der Waals surface area contributed by atoms with Crippen LogP contribution in [0.2, 0.25) is 10.0 Å². The number of hydrogen-bond donors (Lipinski definition) is 3. The van der Waals surface area contributed by atoms with Gasteiger partial charge in [0.1, 0.15) is 0 Å². The molecule has 156 valence electrons. The van der Waals surface area contributed by atoms with Crippen LogP contribution in [0.3, 0.4) is 0 Å². The first-order chi connectivity index (χ1) is 13.3. The molecule has 2 atom stereocenters. The van der Waals surface area contributed by atoms with Crippen molar-refractivity contribution in [2.75, 3.05) is 20.2 Å². The molecule has 3 N–H and O–H groups in total. The Hall–Kier alpha value is -1.83. The van der Waals surface area contributed by atoms with E-state index in [2.05, 4.69) is 10.2 Å². The van der Waals surface area contributed by atoms with Crippen LogP contribution < -0.4 is 5.32 Å². The highest BCUT2D eigenvalue weighted by Crippen LogP contribution is 2.38. The number of rotatable bonds is 5. The number of amides is 1. The average Bonchev–Trinajstić information content (AvgIpc) is 2.65. The zero-order valence-electron chi connectivity index (χ0n) is 15.6. The monoisotopic (exact) mass is 458 g/mol. The second-order valence-corrected chi connectivity index (χ2v) is 7.72. The van der Waals surface area contributed by atoms with E-state index in [9.17, 15) is 9.59 Å². The molecule has 3 rings (SSSR count). The van der Waals surface area contributed by atoms with E-state index in [0.717, 1.165) is 23.2 Å². The lowest BCUT2D eigenvalue weighted by Crippen LogP contribution is -2.43. The Balaban J connectivity index is 0.00000300. The Bertz CT molecular complexity index is 923. The molecule has 0 bridgehead atoms. The van der Waals surface area contributed by atoms with Gasteiger partial charge in [0.2, 0.25) is 0 Å². The maximum absolute atomic E-state index is 12.4. The van der Waals surface area contributed by atoms with Crippen molar-refractivity contribution < 1.29 is 19.8 Å². The predicted molar refractivity (Wildman–Crippen MR) is 114 cm³/mol. The van der Waals surface area contributed by atoms with Crippen LogP contribution in [-0.4, -0.2) is 53.2 Å². The Morgan fingerprint density at radius 1 is 1.28 bits per heavy atom. The van der Waals surface area contributed by atoms with E-state index >= 15 is 0 Å². The van der Waals surface area contributed by atoms with Gasteiger partial charge in [-0.1, -0.05) is 35.3 Å². The van der Waals surface area contributed by atoms with Crippen molar-refractivity contribution in [2.24, 2.45) is 0 Å². The number of aliphatic hydroxyl groups is 1. The molecule has 2 aromatic carbocycles. The van der Waals surface area contributed by atoms with Crippen LogP contribution >= 0.6 is 35.6 Å². The summed E-state index contributed by atoms with van der Waals surface area (Å²) < 4.78 is 0. The van der Waals surface area contributed by atoms with Crippen LogP contribution in [-0.2, 0) is 11.3 Å². The number of nitrogens with zero attached hydrogens (tertiary/aromatic N) is 1. The number of fused-ring (bicyclic) bond motifs is 1. The van der Waals surface area contributed by atoms with Gasteiger partial charge in [-0.25, -0.2) is 4.79 Å². The Labute approximate surface area is 184 Å². The molecule has 9 heteroatoms. The van der Waals surface area contributed by atoms with Crippen molar-refractivity contribution in [1.82, 2.24) is 10.2 Å². The Kier molecular flexibility index (Phi) is 7.91. The van der Waals surface area contributed by atoms with Gasteiger partial charge in [0.15, 0.2) is 6.04 Å². The smallest absolute Gasteiger partial charge is 0.328 e. The zero-order chi connectivity index (χ0) is 20.4. The fourth-order valence-corrected chi connectivity index (χ4v) is 4.02. The Morgan fingerprint density at radius 2 is 2.00 bits per heavy atom. The summed E-state index contributed by atoms with van der Waals surface area (Å²) >= 11 is 12.6. The van der Waals surface area contributed by atoms with Crippen molar-refractivity contribution >= 4 is 47.5 Å². The molecule has 0 saturated carbocycles. The minimum atomic E-state index is -1.35. The zero-order valence-corrected chi connectivity index (χ0v) is 17.9. The quantitative estimate of drug-likeness (QED) is 0.639. The number of carbonyl (C=O) groups is 2. The van der Waals surface area contributed by atoms with Gasteiger partial charge in [-0.05, 0) is 48.0 Å². The van der Waals surface area contributed by atoms with E-state index in [0.29, 0.717) is 22.2 Å². The third kappa shape index (κ3) is 5.21. The van der Waals surface area contributed by atoms with Crippen LogP contribution in [0.25, 0.3) is 0 Å². The topological polar surface area (TPSA) is 89.9 Å². The fraction of sp³-hybridized carbons (Fsp3) is 0.300. The van der Waals surface area contributed by atoms with Crippen LogP contribution in [0.4, 0.5) is 0 Å². The second kappa shape index (κ2) is 9.78. The van der Waals surface area contributed by atoms with Crippen LogP contribution in [0.5, 0.6) is 0 Å². The average molecular weight is 460 g/mol. The lowest BCUT2D eigenvalue weighted by Gasteiger charge is -2.33. The fourth-order valence-electron chi connectivity index (χ4n) is 3.45. The van der Waals surface area contributed by atoms with Gasteiger partial charge in [-0.2, -0.15) is 0 Å². The SMILES string of the molecule is CN1Cc2c(Cl)cc(Cl)cc2C(c2cccc(C(=O)NC(CO)C(=O)O)c2)C1.Cl. The van der Waals surface area contributed by atoms with Crippen molar-refractivity contribution in [2.45, 2.75) is 18.5 Å². The molecule has 6 nitrogen and oxygen atoms in total. The van der Waals surface area contributed by atoms with Gasteiger partial charge in [0, 0.05) is 34.6 Å². The largest absolute Gasteiger partial charge is 0.480 e. The summed E-state index contributed by atoms with van der Waals surface area (Å²) in [4.78, 5) is 25.6. The highest BCUT2D eigenvalue weighted by molar-refractivity contribution is 6.35. The van der Waals surface area contributed by atoms with Gasteiger partial charge in [0.25, 0.3) is 5.91 Å². The Morgan fingerprint density at radius 3 is 2.66 bits per heavy atom. The summed E-state index contributed by atoms with van der Waals surface area (Å²) in [5.41, 5.74) is 3.24. The molecule has 0 aromatic heterocycles. The molecule has 0 aliphatic carbocycles. The first-order valence-corrected chi connectivity index (χ1v) is 9.46. The molecule has 0 spiro atoms. The summed E-state index contributed by atoms with van der Waals surface area (Å²) in [6, 6.07) is 9.28. The molecule has 2 unspecified atom stereocenters. The lowest BCUT2D eigenvalue weighted by atomic mass is 9.84. The molecule has 1 aliphatic heterocycles. The number of aliphatic hydroxyl groups excluding tert-OH is 1. The first kappa shape index (κ1) is 23.4. The number of halogens is 3. The number of carboxylic acid groups (broad SMARTS) is 1. The standard InChI is InChI=1S/C20H20Cl2N2O4.ClH/c1-24-8-15(14-6-13(21)7-17(22)16(14)9-24)11-3-2-4-12(5-11)19(26)23-18(10-25)20(27)28;/h2-7,15,18,25H,8-10H2,1H3,(H,23,26)(H,27,28);1H. The number of likely N-dealkylation sites (N-methyl/N-ethyl adjacent to an activating group) is 1. The summed E-state index contributed by atoms with van der Waals surface area (Å²) in [5.74, 6) is -1.89. The minimum absolute atomic E-state index is 0. The van der Waals surface area contributed by atoms with Crippen molar-refractivity contribution in [3.63, 3.8) is 0 Å². The van der Waals surface area contributed by atoms with Crippen LogP contribution in [0.1, 0.15) is 33.0 Å². The lowest BCUT2D eigenvalue weighted by molar-refractivity contribution is -0.140. The van der Waals surface area contributed by atoms with Crippen LogP contribution in [0, 0.1) is 0 Å². The summed E-state index contributed by atoms with van der Waals surface area (Å²) in [5, 5.41) is 21.6. The summed E-state index contributed by atoms with van der Waals surface area (Å²) in [7, 11) is 2.00. The summed E-state index contributed by atoms with van der Waals surface area (Å²) in [6.07, 6.45) is 0. The molecular weight excluding hydrogens is 439 g/mol. The molecular formula is C20H21Cl3N2O4. The van der Waals surface area contributed by atoms with Gasteiger partial charge in [-0.15, -0.1) is 12.4 Å². The van der Waals surface area contributed by atoms with Crippen molar-refractivity contribution in [3.05, 3.63) is 68.7 Å². The molecule has 0 radical (unpaired) electrons. The molecule has 1 heterocycles. The van der Waals surface area contributed by atoms with Gasteiger partial charge in [-0.3, -0.25) is 4.79 Å². The molecule has 0 fully saturated rings. The third-order valence-electron chi connectivity index (χ3n) is 4.83. The van der Waals surface area contributed by atoms with E-state index in [-0.39, 0.29) is 18.3 Å². The van der Waals surface area contributed by atoms with Crippen molar-refractivity contribution in [1.29, 1.82) is 0 Å². The highest BCUT2D eigenvalue weighted by atomic mass is 35.5. The van der Waals surface area contributed by atoms with E-state index in [1.165, 1.54) is 0 Å². The van der Waals surface area contributed by atoms with Gasteiger partial charge in [0.05, 0.1) is 6.61 Å². The molecule has 0 saturated heterocycles. The first-order valence-electron chi connectivity index (χ1n) is 8.71. The number of benzene rings is 2. The number of carbonyl (C=O) groups excluding carboxylic acids is 1. The van der Waals surface area contributed by atoms with Crippen LogP contribution in [0.15, 0.2) is 36.4 Å². The maximum atomic E-state index is 12.4. The summed E-state index contributed by atoms with van der Waals surface area (Å²) in [6.45, 7) is 0.750. The molecule has 1 aliphatic rings. The third-order valence-corrected chi connectivity index (χ3v) is 5.39. The normalized spacial score (nSPS) is 17.0. The minimum Gasteiger partial charge on any atom is -0.480 e. The molecule has 29 heavy (non-hydrogen) atoms. The van der Waals surface area contributed by atoms with Crippen molar-refractivity contribution in [3.8, 4) is 0 Å². The number of hydrogen-bond acceptors (Lipinski definition) is 4. The van der Waals surface area contributed by atoms with E-state index < -0.39 is 24.5 Å². The molecule has 2 aromatic rings. The number of aliphatic carboxylic acids is 1. The van der Waals surface area contributed by atoms with Gasteiger partial charge < -0.3 is 20.4 Å². The number of nitrogens with one attached hydrogen (secondary N) is 1. The predicted octanol–water partition coefficient (Wildman–Crippen LogP) is 3.17. The molecule has 1 amide bonds. The highest BCUT2D eigenvalue weighted by Gasteiger charge is 2.28. The van der Waals surface area contributed by atoms with E-state index in [4.69, 9.17) is 33.4 Å². The van der Waals surface area contributed by atoms with E-state index in [1.807, 2.05) is 19.2 Å². The number of carboxylic acids is 1. The second-order valence-electron chi connectivity index (χ2n) is 6.88.